The van der Waals surface area contributed by atoms with Gasteiger partial charge < -0.3 is 14.5 Å². The Morgan fingerprint density at radius 2 is 2.03 bits per heavy atom. The van der Waals surface area contributed by atoms with Crippen LogP contribution in [0.15, 0.2) is 35.1 Å². The van der Waals surface area contributed by atoms with E-state index in [1.165, 1.54) is 11.1 Å². The fourth-order valence-corrected chi connectivity index (χ4v) is 4.12. The fourth-order valence-electron chi connectivity index (χ4n) is 4.12. The number of ether oxygens (including phenoxy) is 1. The van der Waals surface area contributed by atoms with Gasteiger partial charge in [0.15, 0.2) is 11.4 Å². The molecule has 1 aliphatic heterocycles. The average Bonchev–Trinajstić information content (AvgIpc) is 3.11. The summed E-state index contributed by atoms with van der Waals surface area (Å²) in [5.74, 6) is 0.653. The summed E-state index contributed by atoms with van der Waals surface area (Å²) in [6.45, 7) is 7.54. The number of furan rings is 1. The summed E-state index contributed by atoms with van der Waals surface area (Å²) in [7, 11) is 0. The maximum absolute atomic E-state index is 6.23. The summed E-state index contributed by atoms with van der Waals surface area (Å²) < 4.78 is 12.3. The number of anilines is 1. The Balaban J connectivity index is 1.65. The number of nitrogens with one attached hydrogen (secondary N) is 1. The van der Waals surface area contributed by atoms with Crippen LogP contribution >= 0.6 is 0 Å². The first-order valence-electron chi connectivity index (χ1n) is 10.4. The van der Waals surface area contributed by atoms with E-state index in [9.17, 15) is 0 Å². The monoisotopic (exact) mass is 403 g/mol. The van der Waals surface area contributed by atoms with Gasteiger partial charge >= 0.3 is 0 Å². The first-order chi connectivity index (χ1) is 14.6. The first kappa shape index (κ1) is 18.9. The normalized spacial score (nSPS) is 15.4. The van der Waals surface area contributed by atoms with E-state index in [1.807, 2.05) is 18.2 Å². The molecule has 1 aliphatic rings. The largest absolute Gasteiger partial charge is 0.432 e. The maximum Gasteiger partial charge on any atom is 0.229 e. The molecule has 0 atom stereocenters. The predicted octanol–water partition coefficient (Wildman–Crippen LogP) is 4.58. The van der Waals surface area contributed by atoms with Crippen LogP contribution in [-0.4, -0.2) is 25.5 Å². The van der Waals surface area contributed by atoms with Crippen molar-refractivity contribution in [1.29, 1.82) is 0 Å². The van der Waals surface area contributed by atoms with Crippen LogP contribution in [0.2, 0.25) is 0 Å². The molecule has 1 N–H and O–H groups in total. The van der Waals surface area contributed by atoms with E-state index < -0.39 is 0 Å². The van der Waals surface area contributed by atoms with E-state index in [-0.39, 0.29) is 5.60 Å². The predicted molar refractivity (Wildman–Crippen MR) is 115 cm³/mol. The minimum Gasteiger partial charge on any atom is -0.432 e. The molecule has 0 bridgehead atoms. The molecule has 0 radical (unpaired) electrons. The van der Waals surface area contributed by atoms with Crippen molar-refractivity contribution in [3.8, 4) is 0 Å². The van der Waals surface area contributed by atoms with Gasteiger partial charge in [0.25, 0.3) is 0 Å². The number of aromatic nitrogens is 4. The molecule has 5 rings (SSSR count). The highest BCUT2D eigenvalue weighted by atomic mass is 16.5. The molecule has 7 nitrogen and oxygen atoms in total. The van der Waals surface area contributed by atoms with Crippen LogP contribution in [0, 0.1) is 0 Å². The molecule has 0 unspecified atom stereocenters. The smallest absolute Gasteiger partial charge is 0.229 e. The van der Waals surface area contributed by atoms with Gasteiger partial charge in [-0.05, 0) is 38.0 Å². The Bertz CT molecular complexity index is 1220. The van der Waals surface area contributed by atoms with E-state index >= 15 is 0 Å². The second-order valence-corrected chi connectivity index (χ2v) is 8.35. The molecular weight excluding hydrogens is 378 g/mol. The molecule has 0 aromatic carbocycles. The molecule has 0 saturated heterocycles. The molecule has 7 heteroatoms. The van der Waals surface area contributed by atoms with Crippen molar-refractivity contribution in [2.24, 2.45) is 0 Å². The van der Waals surface area contributed by atoms with Gasteiger partial charge in [0.05, 0.1) is 35.5 Å². The van der Waals surface area contributed by atoms with Crippen molar-refractivity contribution < 1.29 is 9.15 Å². The lowest BCUT2D eigenvalue weighted by Crippen LogP contribution is -2.32. The maximum atomic E-state index is 6.23. The molecule has 0 amide bonds. The number of hydrogen-bond donors (Lipinski definition) is 1. The number of aryl methyl sites for hydroxylation is 1. The number of nitrogens with zero attached hydrogens (tertiary/aromatic N) is 4. The van der Waals surface area contributed by atoms with Crippen molar-refractivity contribution in [2.75, 3.05) is 5.32 Å². The third-order valence-corrected chi connectivity index (χ3v) is 5.56. The minimum atomic E-state index is -0.235. The van der Waals surface area contributed by atoms with E-state index in [0.717, 1.165) is 41.6 Å². The number of fused-ring (bicyclic) bond motifs is 5. The molecule has 5 heterocycles. The van der Waals surface area contributed by atoms with E-state index in [2.05, 4.69) is 41.0 Å². The average molecular weight is 403 g/mol. The molecule has 4 aromatic heterocycles. The second kappa shape index (κ2) is 7.32. The molecule has 30 heavy (non-hydrogen) atoms. The van der Waals surface area contributed by atoms with Crippen LogP contribution in [0.1, 0.15) is 49.7 Å². The van der Waals surface area contributed by atoms with Crippen LogP contribution in [0.3, 0.4) is 0 Å². The number of hydrogen-bond acceptors (Lipinski definition) is 7. The van der Waals surface area contributed by atoms with Crippen LogP contribution < -0.4 is 5.32 Å². The molecule has 0 aliphatic carbocycles. The summed E-state index contributed by atoms with van der Waals surface area (Å²) in [6, 6.07) is 5.84. The van der Waals surface area contributed by atoms with E-state index in [4.69, 9.17) is 14.1 Å². The summed E-state index contributed by atoms with van der Waals surface area (Å²) in [6.07, 6.45) is 6.08. The molecule has 154 valence electrons. The van der Waals surface area contributed by atoms with E-state index in [0.29, 0.717) is 30.3 Å². The van der Waals surface area contributed by atoms with E-state index in [1.54, 1.807) is 12.5 Å². The van der Waals surface area contributed by atoms with Crippen molar-refractivity contribution >= 4 is 28.0 Å². The topological polar surface area (TPSA) is 86.0 Å². The zero-order chi connectivity index (χ0) is 20.7. The standard InChI is InChI=1S/C23H25N5O2/c1-4-7-17-16-12-29-23(2,3)10-15(16)18-19-20(30-22(18)28-17)21(27-13-26-19)25-11-14-8-5-6-9-24-14/h5-6,8-9,13H,4,7,10-12H2,1-3H3,(H,25,26,27). The lowest BCUT2D eigenvalue weighted by atomic mass is 9.88. The Labute approximate surface area is 174 Å². The van der Waals surface area contributed by atoms with Crippen molar-refractivity contribution in [1.82, 2.24) is 19.9 Å². The van der Waals surface area contributed by atoms with Gasteiger partial charge in [-0.25, -0.2) is 15.0 Å². The van der Waals surface area contributed by atoms with Gasteiger partial charge in [0, 0.05) is 18.2 Å². The summed E-state index contributed by atoms with van der Waals surface area (Å²) >= 11 is 0. The second-order valence-electron chi connectivity index (χ2n) is 8.35. The molecular formula is C23H25N5O2. The zero-order valence-corrected chi connectivity index (χ0v) is 17.5. The minimum absolute atomic E-state index is 0.235. The molecule has 4 aromatic rings. The van der Waals surface area contributed by atoms with Crippen LogP contribution in [0.25, 0.3) is 22.2 Å². The van der Waals surface area contributed by atoms with Gasteiger partial charge in [0.2, 0.25) is 5.71 Å². The van der Waals surface area contributed by atoms with Gasteiger partial charge in [-0.15, -0.1) is 0 Å². The highest BCUT2D eigenvalue weighted by molar-refractivity contribution is 6.06. The Morgan fingerprint density at radius 1 is 1.13 bits per heavy atom. The summed E-state index contributed by atoms with van der Waals surface area (Å²) in [5, 5.41) is 4.33. The first-order valence-corrected chi connectivity index (χ1v) is 10.4. The molecule has 0 fully saturated rings. The van der Waals surface area contributed by atoms with Gasteiger partial charge in [-0.1, -0.05) is 19.4 Å². The third kappa shape index (κ3) is 3.29. The van der Waals surface area contributed by atoms with Gasteiger partial charge in [-0.3, -0.25) is 4.98 Å². The van der Waals surface area contributed by atoms with Crippen LogP contribution in [0.4, 0.5) is 5.82 Å². The highest BCUT2D eigenvalue weighted by Crippen LogP contribution is 2.39. The quantitative estimate of drug-likeness (QED) is 0.522. The van der Waals surface area contributed by atoms with Crippen LogP contribution in [-0.2, 0) is 30.7 Å². The lowest BCUT2D eigenvalue weighted by Gasteiger charge is -2.33. The summed E-state index contributed by atoms with van der Waals surface area (Å²) in [4.78, 5) is 18.2. The number of rotatable bonds is 5. The summed E-state index contributed by atoms with van der Waals surface area (Å²) in [5.41, 5.74) is 6.25. The highest BCUT2D eigenvalue weighted by Gasteiger charge is 2.32. The van der Waals surface area contributed by atoms with Gasteiger partial charge in [0.1, 0.15) is 11.8 Å². The van der Waals surface area contributed by atoms with Crippen molar-refractivity contribution in [3.63, 3.8) is 0 Å². The third-order valence-electron chi connectivity index (χ3n) is 5.56. The SMILES string of the molecule is CCCc1nc2oc3c(NCc4ccccn4)ncnc3c2c2c1COC(C)(C)C2. The Morgan fingerprint density at radius 3 is 2.83 bits per heavy atom. The fraction of sp³-hybridized carbons (Fsp3) is 0.391. The van der Waals surface area contributed by atoms with Gasteiger partial charge in [-0.2, -0.15) is 0 Å². The van der Waals surface area contributed by atoms with Crippen molar-refractivity contribution in [3.05, 3.63) is 53.2 Å². The van der Waals surface area contributed by atoms with Crippen molar-refractivity contribution in [2.45, 2.75) is 58.8 Å². The zero-order valence-electron chi connectivity index (χ0n) is 17.5. The number of pyridine rings is 2. The lowest BCUT2D eigenvalue weighted by molar-refractivity contribution is -0.0401. The molecule has 0 saturated carbocycles. The Kier molecular flexibility index (Phi) is 4.62. The molecule has 0 spiro atoms. The Hall–Kier alpha value is -3.06. The van der Waals surface area contributed by atoms with Crippen LogP contribution in [0.5, 0.6) is 0 Å².